The fraction of sp³-hybridized carbons (Fsp3) is 0.100. The first-order valence-electron chi connectivity index (χ1n) is 8.07. The number of carbonyl (C=O) groups is 1. The standard InChI is InChI=1S/C20H17N3O2/c24-16-7-3-6-15(11-16)19-22-18-9-2-1-8-17(18)20(25)23(19)13-14-5-4-10-21-12-14/h1-12,19,22,24H,13H2/t19-/m0/s1. The Bertz CT molecular complexity index is 912. The predicted molar refractivity (Wildman–Crippen MR) is 95.0 cm³/mol. The second-order valence-corrected chi connectivity index (χ2v) is 5.98. The summed E-state index contributed by atoms with van der Waals surface area (Å²) in [6, 6.07) is 18.2. The third-order valence-electron chi connectivity index (χ3n) is 4.28. The molecule has 4 rings (SSSR count). The first-order valence-corrected chi connectivity index (χ1v) is 8.07. The fourth-order valence-electron chi connectivity index (χ4n) is 3.10. The van der Waals surface area contributed by atoms with E-state index in [4.69, 9.17) is 0 Å². The van der Waals surface area contributed by atoms with Crippen LogP contribution in [0.1, 0.15) is 27.7 Å². The fourth-order valence-corrected chi connectivity index (χ4v) is 3.10. The molecule has 124 valence electrons. The van der Waals surface area contributed by atoms with Crippen LogP contribution in [0.3, 0.4) is 0 Å². The van der Waals surface area contributed by atoms with Crippen LogP contribution in [0.5, 0.6) is 5.75 Å². The first kappa shape index (κ1) is 15.2. The molecule has 1 atom stereocenters. The van der Waals surface area contributed by atoms with E-state index in [-0.39, 0.29) is 17.8 Å². The zero-order valence-corrected chi connectivity index (χ0v) is 13.5. The summed E-state index contributed by atoms with van der Waals surface area (Å²) in [6.45, 7) is 0.425. The predicted octanol–water partition coefficient (Wildman–Crippen LogP) is 3.55. The van der Waals surface area contributed by atoms with E-state index in [9.17, 15) is 9.90 Å². The lowest BCUT2D eigenvalue weighted by atomic mass is 10.0. The number of phenols is 1. The lowest BCUT2D eigenvalue weighted by molar-refractivity contribution is 0.0666. The summed E-state index contributed by atoms with van der Waals surface area (Å²) in [7, 11) is 0. The number of fused-ring (bicyclic) bond motifs is 1. The molecule has 1 aliphatic rings. The second kappa shape index (κ2) is 6.28. The molecule has 2 heterocycles. The Balaban J connectivity index is 1.77. The van der Waals surface area contributed by atoms with Crippen molar-refractivity contribution in [3.63, 3.8) is 0 Å². The number of amides is 1. The average Bonchev–Trinajstić information content (AvgIpc) is 2.65. The molecule has 0 aliphatic carbocycles. The average molecular weight is 331 g/mol. The van der Waals surface area contributed by atoms with Crippen LogP contribution in [0.15, 0.2) is 73.1 Å². The summed E-state index contributed by atoms with van der Waals surface area (Å²) in [5.74, 6) is 0.124. The third-order valence-corrected chi connectivity index (χ3v) is 4.28. The summed E-state index contributed by atoms with van der Waals surface area (Å²) in [5.41, 5.74) is 3.21. The van der Waals surface area contributed by atoms with E-state index < -0.39 is 0 Å². The number of carbonyl (C=O) groups excluding carboxylic acids is 1. The zero-order valence-electron chi connectivity index (χ0n) is 13.5. The van der Waals surface area contributed by atoms with Crippen molar-refractivity contribution in [2.75, 3.05) is 5.32 Å². The van der Waals surface area contributed by atoms with Gasteiger partial charge in [0.25, 0.3) is 5.91 Å². The maximum atomic E-state index is 13.1. The van der Waals surface area contributed by atoms with Crippen molar-refractivity contribution in [1.29, 1.82) is 0 Å². The molecule has 0 spiro atoms. The van der Waals surface area contributed by atoms with Crippen molar-refractivity contribution in [2.24, 2.45) is 0 Å². The van der Waals surface area contributed by atoms with E-state index >= 15 is 0 Å². The number of anilines is 1. The van der Waals surface area contributed by atoms with Crippen LogP contribution in [-0.4, -0.2) is 20.9 Å². The van der Waals surface area contributed by atoms with Gasteiger partial charge < -0.3 is 15.3 Å². The molecule has 5 nitrogen and oxygen atoms in total. The molecule has 0 radical (unpaired) electrons. The van der Waals surface area contributed by atoms with Crippen molar-refractivity contribution in [2.45, 2.75) is 12.7 Å². The first-order chi connectivity index (χ1) is 12.2. The Kier molecular flexibility index (Phi) is 3.82. The van der Waals surface area contributed by atoms with Gasteiger partial charge in [0.1, 0.15) is 11.9 Å². The molecule has 2 N–H and O–H groups in total. The van der Waals surface area contributed by atoms with Crippen LogP contribution in [0.4, 0.5) is 5.69 Å². The monoisotopic (exact) mass is 331 g/mol. The van der Waals surface area contributed by atoms with E-state index in [1.54, 1.807) is 35.5 Å². The molecule has 1 aromatic heterocycles. The molecule has 0 saturated carbocycles. The van der Waals surface area contributed by atoms with Gasteiger partial charge in [-0.3, -0.25) is 9.78 Å². The Labute approximate surface area is 145 Å². The molecule has 25 heavy (non-hydrogen) atoms. The molecule has 1 aliphatic heterocycles. The number of hydrogen-bond acceptors (Lipinski definition) is 4. The molecule has 5 heteroatoms. The topological polar surface area (TPSA) is 65.5 Å². The summed E-state index contributed by atoms with van der Waals surface area (Å²) in [6.07, 6.45) is 3.10. The van der Waals surface area contributed by atoms with Crippen LogP contribution in [0, 0.1) is 0 Å². The second-order valence-electron chi connectivity index (χ2n) is 5.98. The van der Waals surface area contributed by atoms with Crippen molar-refractivity contribution in [1.82, 2.24) is 9.88 Å². The molecule has 3 aromatic rings. The molecule has 2 aromatic carbocycles. The SMILES string of the molecule is O=C1c2ccccc2N[C@H](c2cccc(O)c2)N1Cc1cccnc1. The molecule has 0 bridgehead atoms. The third kappa shape index (κ3) is 2.92. The minimum atomic E-state index is -0.366. The Morgan fingerprint density at radius 2 is 1.96 bits per heavy atom. The van der Waals surface area contributed by atoms with E-state index in [0.29, 0.717) is 12.1 Å². The van der Waals surface area contributed by atoms with Crippen LogP contribution < -0.4 is 5.32 Å². The number of pyridine rings is 1. The van der Waals surface area contributed by atoms with Gasteiger partial charge in [0.05, 0.1) is 5.56 Å². The lowest BCUT2D eigenvalue weighted by Gasteiger charge is -2.38. The number of hydrogen-bond donors (Lipinski definition) is 2. The molecule has 0 unspecified atom stereocenters. The van der Waals surface area contributed by atoms with Gasteiger partial charge in [-0.2, -0.15) is 0 Å². The van der Waals surface area contributed by atoms with Gasteiger partial charge in [0, 0.05) is 24.6 Å². The van der Waals surface area contributed by atoms with Gasteiger partial charge >= 0.3 is 0 Å². The van der Waals surface area contributed by atoms with E-state index in [1.807, 2.05) is 42.5 Å². The Morgan fingerprint density at radius 3 is 2.76 bits per heavy atom. The van der Waals surface area contributed by atoms with Crippen LogP contribution >= 0.6 is 0 Å². The van der Waals surface area contributed by atoms with Crippen molar-refractivity contribution >= 4 is 11.6 Å². The highest BCUT2D eigenvalue weighted by molar-refractivity contribution is 6.01. The van der Waals surface area contributed by atoms with Crippen molar-refractivity contribution in [3.05, 3.63) is 89.7 Å². The van der Waals surface area contributed by atoms with Gasteiger partial charge in [-0.15, -0.1) is 0 Å². The van der Waals surface area contributed by atoms with Crippen LogP contribution in [0.2, 0.25) is 0 Å². The normalized spacial score (nSPS) is 16.2. The molecular formula is C20H17N3O2. The smallest absolute Gasteiger partial charge is 0.258 e. The molecule has 1 amide bonds. The van der Waals surface area contributed by atoms with E-state index in [0.717, 1.165) is 16.8 Å². The highest BCUT2D eigenvalue weighted by atomic mass is 16.3. The number of para-hydroxylation sites is 1. The largest absolute Gasteiger partial charge is 0.508 e. The zero-order chi connectivity index (χ0) is 17.2. The number of nitrogens with zero attached hydrogens (tertiary/aromatic N) is 2. The number of benzene rings is 2. The number of aromatic nitrogens is 1. The number of rotatable bonds is 3. The number of nitrogens with one attached hydrogen (secondary N) is 1. The minimum absolute atomic E-state index is 0.0495. The lowest BCUT2D eigenvalue weighted by Crippen LogP contribution is -2.42. The van der Waals surface area contributed by atoms with Gasteiger partial charge in [-0.25, -0.2) is 0 Å². The van der Waals surface area contributed by atoms with Crippen molar-refractivity contribution in [3.8, 4) is 5.75 Å². The molecule has 0 saturated heterocycles. The van der Waals surface area contributed by atoms with E-state index in [2.05, 4.69) is 10.3 Å². The maximum absolute atomic E-state index is 13.1. The van der Waals surface area contributed by atoms with E-state index in [1.165, 1.54) is 0 Å². The van der Waals surface area contributed by atoms with Crippen molar-refractivity contribution < 1.29 is 9.90 Å². The maximum Gasteiger partial charge on any atom is 0.258 e. The quantitative estimate of drug-likeness (QED) is 0.770. The molecule has 0 fully saturated rings. The number of phenolic OH excluding ortho intramolecular Hbond substituents is 1. The highest BCUT2D eigenvalue weighted by Gasteiger charge is 2.32. The minimum Gasteiger partial charge on any atom is -0.508 e. The Hall–Kier alpha value is -3.34. The van der Waals surface area contributed by atoms with Gasteiger partial charge in [-0.05, 0) is 41.5 Å². The summed E-state index contributed by atoms with van der Waals surface area (Å²) < 4.78 is 0. The number of aromatic hydroxyl groups is 1. The van der Waals surface area contributed by atoms with Crippen LogP contribution in [0.25, 0.3) is 0 Å². The summed E-state index contributed by atoms with van der Waals surface area (Å²) >= 11 is 0. The summed E-state index contributed by atoms with van der Waals surface area (Å²) in [5, 5.41) is 13.3. The van der Waals surface area contributed by atoms with Crippen LogP contribution in [-0.2, 0) is 6.54 Å². The molecular weight excluding hydrogens is 314 g/mol. The van der Waals surface area contributed by atoms with Gasteiger partial charge in [0.15, 0.2) is 0 Å². The van der Waals surface area contributed by atoms with Gasteiger partial charge in [-0.1, -0.05) is 30.3 Å². The Morgan fingerprint density at radius 1 is 1.08 bits per heavy atom. The highest BCUT2D eigenvalue weighted by Crippen LogP contribution is 2.34. The van der Waals surface area contributed by atoms with Gasteiger partial charge in [0.2, 0.25) is 0 Å². The summed E-state index contributed by atoms with van der Waals surface area (Å²) in [4.78, 5) is 19.0.